The highest BCUT2D eigenvalue weighted by molar-refractivity contribution is 6.42. The standard InChI is InChI=1S/C15H12Cl3F/c1-9-4-11(8-12(19)5-9)14(17)6-10-2-3-13(16)15(18)7-10/h2-5,7-8,14H,6H2,1H3. The monoisotopic (exact) mass is 316 g/mol. The second-order valence-electron chi connectivity index (χ2n) is 4.48. The molecule has 2 aromatic carbocycles. The number of hydrogen-bond donors (Lipinski definition) is 0. The molecule has 0 N–H and O–H groups in total. The zero-order valence-electron chi connectivity index (χ0n) is 10.3. The Kier molecular flexibility index (Phi) is 4.72. The Morgan fingerprint density at radius 1 is 1.05 bits per heavy atom. The molecule has 2 aromatic rings. The van der Waals surface area contributed by atoms with Crippen molar-refractivity contribution in [3.05, 3.63) is 69.0 Å². The Hall–Kier alpha value is -0.760. The second kappa shape index (κ2) is 6.13. The van der Waals surface area contributed by atoms with Crippen molar-refractivity contribution in [1.82, 2.24) is 0 Å². The van der Waals surface area contributed by atoms with Crippen LogP contribution in [0.3, 0.4) is 0 Å². The highest BCUT2D eigenvalue weighted by atomic mass is 35.5. The van der Waals surface area contributed by atoms with E-state index in [9.17, 15) is 4.39 Å². The van der Waals surface area contributed by atoms with Gasteiger partial charge in [-0.05, 0) is 54.3 Å². The molecule has 1 atom stereocenters. The predicted molar refractivity (Wildman–Crippen MR) is 79.9 cm³/mol. The molecule has 0 bridgehead atoms. The third kappa shape index (κ3) is 3.85. The lowest BCUT2D eigenvalue weighted by molar-refractivity contribution is 0.623. The molecule has 0 fully saturated rings. The largest absolute Gasteiger partial charge is 0.207 e. The van der Waals surface area contributed by atoms with Crippen molar-refractivity contribution in [2.45, 2.75) is 18.7 Å². The molecule has 0 aliphatic rings. The number of aryl methyl sites for hydroxylation is 1. The Morgan fingerprint density at radius 2 is 1.79 bits per heavy atom. The molecule has 0 aromatic heterocycles. The summed E-state index contributed by atoms with van der Waals surface area (Å²) >= 11 is 18.2. The van der Waals surface area contributed by atoms with Gasteiger partial charge in [-0.3, -0.25) is 0 Å². The van der Waals surface area contributed by atoms with Crippen LogP contribution in [-0.4, -0.2) is 0 Å². The summed E-state index contributed by atoms with van der Waals surface area (Å²) in [5.74, 6) is -0.269. The number of alkyl halides is 1. The van der Waals surface area contributed by atoms with Crippen LogP contribution in [0.1, 0.15) is 22.1 Å². The Balaban J connectivity index is 2.20. The fraction of sp³-hybridized carbons (Fsp3) is 0.200. The van der Waals surface area contributed by atoms with Crippen LogP contribution in [0.15, 0.2) is 36.4 Å². The van der Waals surface area contributed by atoms with Crippen molar-refractivity contribution in [1.29, 1.82) is 0 Å². The lowest BCUT2D eigenvalue weighted by Gasteiger charge is -2.11. The predicted octanol–water partition coefficient (Wildman–Crippen LogP) is 5.96. The zero-order chi connectivity index (χ0) is 14.0. The molecule has 1 unspecified atom stereocenters. The molecule has 0 aliphatic heterocycles. The fourth-order valence-corrected chi connectivity index (χ4v) is 2.56. The minimum absolute atomic E-state index is 0.269. The maximum atomic E-state index is 13.3. The van der Waals surface area contributed by atoms with Crippen molar-refractivity contribution in [2.75, 3.05) is 0 Å². The van der Waals surface area contributed by atoms with Gasteiger partial charge >= 0.3 is 0 Å². The van der Waals surface area contributed by atoms with Gasteiger partial charge in [-0.1, -0.05) is 35.3 Å². The molecule has 0 radical (unpaired) electrons. The van der Waals surface area contributed by atoms with Crippen molar-refractivity contribution < 1.29 is 4.39 Å². The van der Waals surface area contributed by atoms with Gasteiger partial charge in [-0.2, -0.15) is 0 Å². The first-order valence-electron chi connectivity index (χ1n) is 5.81. The molecule has 0 aliphatic carbocycles. The first-order valence-corrected chi connectivity index (χ1v) is 7.00. The van der Waals surface area contributed by atoms with E-state index in [4.69, 9.17) is 34.8 Å². The van der Waals surface area contributed by atoms with E-state index in [0.29, 0.717) is 16.5 Å². The van der Waals surface area contributed by atoms with Gasteiger partial charge < -0.3 is 0 Å². The number of hydrogen-bond acceptors (Lipinski definition) is 0. The Bertz CT molecular complexity index is 576. The van der Waals surface area contributed by atoms with E-state index in [1.165, 1.54) is 12.1 Å². The molecule has 19 heavy (non-hydrogen) atoms. The fourth-order valence-electron chi connectivity index (χ4n) is 1.94. The van der Waals surface area contributed by atoms with Crippen LogP contribution in [0.25, 0.3) is 0 Å². The van der Waals surface area contributed by atoms with E-state index in [-0.39, 0.29) is 11.2 Å². The van der Waals surface area contributed by atoms with Gasteiger partial charge in [0.2, 0.25) is 0 Å². The van der Waals surface area contributed by atoms with Gasteiger partial charge in [0.05, 0.1) is 15.4 Å². The van der Waals surface area contributed by atoms with Crippen LogP contribution >= 0.6 is 34.8 Å². The summed E-state index contributed by atoms with van der Waals surface area (Å²) in [6.07, 6.45) is 0.571. The van der Waals surface area contributed by atoms with Crippen molar-refractivity contribution in [3.63, 3.8) is 0 Å². The SMILES string of the molecule is Cc1cc(F)cc(C(Cl)Cc2ccc(Cl)c(Cl)c2)c1. The summed E-state index contributed by atoms with van der Waals surface area (Å²) < 4.78 is 13.3. The highest BCUT2D eigenvalue weighted by Crippen LogP contribution is 2.29. The van der Waals surface area contributed by atoms with E-state index < -0.39 is 0 Å². The molecular formula is C15H12Cl3F. The summed E-state index contributed by atoms with van der Waals surface area (Å²) in [7, 11) is 0. The first kappa shape index (κ1) is 14.6. The number of halogens is 4. The third-order valence-corrected chi connectivity index (χ3v) is 3.97. The van der Waals surface area contributed by atoms with Gasteiger partial charge in [-0.25, -0.2) is 4.39 Å². The second-order valence-corrected chi connectivity index (χ2v) is 5.82. The number of rotatable bonds is 3. The molecule has 0 saturated carbocycles. The molecule has 0 saturated heterocycles. The minimum Gasteiger partial charge on any atom is -0.207 e. The summed E-state index contributed by atoms with van der Waals surface area (Å²) in [4.78, 5) is 0. The van der Waals surface area contributed by atoms with E-state index in [2.05, 4.69) is 0 Å². The molecule has 0 nitrogen and oxygen atoms in total. The van der Waals surface area contributed by atoms with Gasteiger partial charge in [-0.15, -0.1) is 11.6 Å². The zero-order valence-corrected chi connectivity index (χ0v) is 12.5. The lowest BCUT2D eigenvalue weighted by atomic mass is 10.0. The maximum Gasteiger partial charge on any atom is 0.123 e. The van der Waals surface area contributed by atoms with E-state index in [1.54, 1.807) is 12.1 Å². The van der Waals surface area contributed by atoms with Gasteiger partial charge in [0.1, 0.15) is 5.82 Å². The number of benzene rings is 2. The van der Waals surface area contributed by atoms with Crippen molar-refractivity contribution in [2.24, 2.45) is 0 Å². The Labute approximate surface area is 127 Å². The quantitative estimate of drug-likeness (QED) is 0.612. The van der Waals surface area contributed by atoms with Crippen LogP contribution in [0.2, 0.25) is 10.0 Å². The molecule has 0 amide bonds. The van der Waals surface area contributed by atoms with E-state index in [1.807, 2.05) is 19.1 Å². The van der Waals surface area contributed by atoms with Crippen LogP contribution in [-0.2, 0) is 6.42 Å². The average molecular weight is 318 g/mol. The van der Waals surface area contributed by atoms with Crippen molar-refractivity contribution >= 4 is 34.8 Å². The smallest absolute Gasteiger partial charge is 0.123 e. The summed E-state index contributed by atoms with van der Waals surface area (Å²) in [6, 6.07) is 10.2. The van der Waals surface area contributed by atoms with E-state index in [0.717, 1.165) is 16.7 Å². The maximum absolute atomic E-state index is 13.3. The van der Waals surface area contributed by atoms with E-state index >= 15 is 0 Å². The lowest BCUT2D eigenvalue weighted by Crippen LogP contribution is -1.97. The first-order chi connectivity index (χ1) is 8.95. The van der Waals surface area contributed by atoms with Gasteiger partial charge in [0, 0.05) is 0 Å². The summed E-state index contributed by atoms with van der Waals surface area (Å²) in [5.41, 5.74) is 2.59. The Morgan fingerprint density at radius 3 is 2.42 bits per heavy atom. The summed E-state index contributed by atoms with van der Waals surface area (Å²) in [5, 5.41) is 0.711. The molecular weight excluding hydrogens is 306 g/mol. The van der Waals surface area contributed by atoms with Gasteiger partial charge in [0.15, 0.2) is 0 Å². The molecule has 4 heteroatoms. The topological polar surface area (TPSA) is 0 Å². The van der Waals surface area contributed by atoms with Crippen LogP contribution in [0, 0.1) is 12.7 Å². The van der Waals surface area contributed by atoms with Crippen LogP contribution in [0.4, 0.5) is 4.39 Å². The van der Waals surface area contributed by atoms with Crippen LogP contribution < -0.4 is 0 Å². The third-order valence-electron chi connectivity index (χ3n) is 2.83. The average Bonchev–Trinajstić information content (AvgIpc) is 2.32. The van der Waals surface area contributed by atoms with Gasteiger partial charge in [0.25, 0.3) is 0 Å². The molecule has 100 valence electrons. The normalized spacial score (nSPS) is 12.5. The van der Waals surface area contributed by atoms with Crippen LogP contribution in [0.5, 0.6) is 0 Å². The minimum atomic E-state index is -0.299. The molecule has 0 spiro atoms. The molecule has 2 rings (SSSR count). The molecule has 0 heterocycles. The van der Waals surface area contributed by atoms with Crippen molar-refractivity contribution in [3.8, 4) is 0 Å². The highest BCUT2D eigenvalue weighted by Gasteiger charge is 2.11. The summed E-state index contributed by atoms with van der Waals surface area (Å²) in [6.45, 7) is 1.84.